The second kappa shape index (κ2) is 6.90. The molecule has 1 atom stereocenters. The van der Waals surface area contributed by atoms with E-state index in [9.17, 15) is 9.18 Å². The van der Waals surface area contributed by atoms with Crippen molar-refractivity contribution in [3.8, 4) is 0 Å². The summed E-state index contributed by atoms with van der Waals surface area (Å²) in [6.07, 6.45) is 4.92. The van der Waals surface area contributed by atoms with Crippen molar-refractivity contribution in [1.29, 1.82) is 0 Å². The number of carbonyl (C=O) groups excluding carboxylic acids is 1. The Morgan fingerprint density at radius 2 is 2.35 bits per heavy atom. The van der Waals surface area contributed by atoms with Gasteiger partial charge >= 0.3 is 0 Å². The molecule has 0 spiro atoms. The van der Waals surface area contributed by atoms with Gasteiger partial charge in [0.25, 0.3) is 0 Å². The van der Waals surface area contributed by atoms with E-state index in [2.05, 4.69) is 0 Å². The summed E-state index contributed by atoms with van der Waals surface area (Å²) in [5.41, 5.74) is 1.28. The first kappa shape index (κ1) is 15.1. The Bertz CT molecular complexity index is 519. The highest BCUT2D eigenvalue weighted by Crippen LogP contribution is 2.15. The van der Waals surface area contributed by atoms with Crippen molar-refractivity contribution in [3.05, 3.63) is 41.2 Å². The number of hydrogen-bond donors (Lipinski definition) is 0. The lowest BCUT2D eigenvalue weighted by atomic mass is 10.1. The molecule has 1 aliphatic rings. The molecule has 1 fully saturated rings. The maximum atomic E-state index is 13.7. The Balaban J connectivity index is 2.01. The Morgan fingerprint density at radius 3 is 3.05 bits per heavy atom. The van der Waals surface area contributed by atoms with E-state index in [4.69, 9.17) is 4.74 Å². The smallest absolute Gasteiger partial charge is 0.248 e. The number of aryl methyl sites for hydroxylation is 1. The number of nitrogens with zero attached hydrogens (tertiary/aromatic N) is 1. The van der Waals surface area contributed by atoms with Crippen molar-refractivity contribution in [1.82, 2.24) is 4.90 Å². The molecular weight excluding hydrogens is 277 g/mol. The van der Waals surface area contributed by atoms with Crippen LogP contribution in [0.3, 0.4) is 0 Å². The zero-order chi connectivity index (χ0) is 14.5. The Hall–Kier alpha value is -1.33. The van der Waals surface area contributed by atoms with E-state index in [1.165, 1.54) is 18.2 Å². The van der Waals surface area contributed by atoms with E-state index in [1.54, 1.807) is 22.7 Å². The number of halogens is 1. The third-order valence-electron chi connectivity index (χ3n) is 3.18. The van der Waals surface area contributed by atoms with Crippen molar-refractivity contribution in [2.75, 3.05) is 26.1 Å². The molecule has 3 nitrogen and oxygen atoms in total. The molecule has 0 saturated carbocycles. The second-order valence-electron chi connectivity index (χ2n) is 4.78. The molecule has 108 valence electrons. The third kappa shape index (κ3) is 3.84. The quantitative estimate of drug-likeness (QED) is 0.803. The summed E-state index contributed by atoms with van der Waals surface area (Å²) in [5.74, 6) is -0.463. The Morgan fingerprint density at radius 1 is 1.55 bits per heavy atom. The highest BCUT2D eigenvalue weighted by atomic mass is 32.2. The first-order valence-electron chi connectivity index (χ1n) is 6.44. The van der Waals surface area contributed by atoms with Crippen LogP contribution >= 0.6 is 11.8 Å². The molecule has 1 aromatic carbocycles. The summed E-state index contributed by atoms with van der Waals surface area (Å²) < 4.78 is 19.0. The van der Waals surface area contributed by atoms with E-state index in [-0.39, 0.29) is 11.7 Å². The van der Waals surface area contributed by atoms with E-state index >= 15 is 0 Å². The Labute approximate surface area is 122 Å². The van der Waals surface area contributed by atoms with E-state index in [0.717, 1.165) is 5.56 Å². The van der Waals surface area contributed by atoms with Crippen LogP contribution in [-0.2, 0) is 9.53 Å². The van der Waals surface area contributed by atoms with Gasteiger partial charge < -0.3 is 9.64 Å². The topological polar surface area (TPSA) is 29.5 Å². The maximum absolute atomic E-state index is 13.7. The summed E-state index contributed by atoms with van der Waals surface area (Å²) in [4.78, 5) is 13.7. The normalized spacial score (nSPS) is 19.6. The largest absolute Gasteiger partial charge is 0.360 e. The molecule has 0 bridgehead atoms. The summed E-state index contributed by atoms with van der Waals surface area (Å²) >= 11 is 1.68. The number of ether oxygens (including phenoxy) is 1. The van der Waals surface area contributed by atoms with Crippen LogP contribution in [0.25, 0.3) is 6.08 Å². The number of thioether (sulfide) groups is 1. The fraction of sp³-hybridized carbons (Fsp3) is 0.400. The number of rotatable bonds is 3. The molecule has 1 aliphatic heterocycles. The van der Waals surface area contributed by atoms with Crippen molar-refractivity contribution >= 4 is 23.7 Å². The Kier molecular flexibility index (Phi) is 5.20. The van der Waals surface area contributed by atoms with Gasteiger partial charge in [0.1, 0.15) is 12.5 Å². The van der Waals surface area contributed by atoms with Crippen molar-refractivity contribution < 1.29 is 13.9 Å². The molecule has 0 aliphatic carbocycles. The minimum Gasteiger partial charge on any atom is -0.360 e. The summed E-state index contributed by atoms with van der Waals surface area (Å²) in [6.45, 7) is 3.47. The fourth-order valence-electron chi connectivity index (χ4n) is 1.98. The minimum absolute atomic E-state index is 0.149. The van der Waals surface area contributed by atoms with Crippen LogP contribution in [0.1, 0.15) is 11.1 Å². The predicted octanol–water partition coefficient (Wildman–Crippen LogP) is 2.70. The van der Waals surface area contributed by atoms with Gasteiger partial charge in [-0.25, -0.2) is 4.39 Å². The molecule has 0 aromatic heterocycles. The SMILES string of the molecule is CSC1COCN(C(=O)/C=C/c2ccc(C)cc2F)C1. The zero-order valence-corrected chi connectivity index (χ0v) is 12.5. The standard InChI is InChI=1S/C15H18FNO2S/c1-11-3-4-12(14(16)7-11)5-6-15(18)17-8-13(20-2)9-19-10-17/h3-7,13H,8-10H2,1-2H3/b6-5+. The lowest BCUT2D eigenvalue weighted by molar-refractivity contribution is -0.134. The number of carbonyl (C=O) groups is 1. The number of amides is 1. The lowest BCUT2D eigenvalue weighted by Gasteiger charge is -2.31. The monoisotopic (exact) mass is 295 g/mol. The first-order chi connectivity index (χ1) is 9.60. The van der Waals surface area contributed by atoms with Gasteiger partial charge in [0.05, 0.1) is 6.61 Å². The number of benzene rings is 1. The third-order valence-corrected chi connectivity index (χ3v) is 4.13. The molecule has 1 aromatic rings. The van der Waals surface area contributed by atoms with Crippen LogP contribution in [0.15, 0.2) is 24.3 Å². The van der Waals surface area contributed by atoms with Gasteiger partial charge in [-0.1, -0.05) is 12.1 Å². The van der Waals surface area contributed by atoms with Crippen LogP contribution in [-0.4, -0.2) is 42.2 Å². The summed E-state index contributed by atoms with van der Waals surface area (Å²) in [6, 6.07) is 4.95. The average molecular weight is 295 g/mol. The van der Waals surface area contributed by atoms with Crippen molar-refractivity contribution in [2.45, 2.75) is 12.2 Å². The molecule has 20 heavy (non-hydrogen) atoms. The number of hydrogen-bond acceptors (Lipinski definition) is 3. The first-order valence-corrected chi connectivity index (χ1v) is 7.72. The maximum Gasteiger partial charge on any atom is 0.248 e. The van der Waals surface area contributed by atoms with E-state index < -0.39 is 0 Å². The van der Waals surface area contributed by atoms with E-state index in [0.29, 0.717) is 30.7 Å². The van der Waals surface area contributed by atoms with Gasteiger partial charge in [0.15, 0.2) is 0 Å². The highest BCUT2D eigenvalue weighted by molar-refractivity contribution is 7.99. The van der Waals surface area contributed by atoms with Gasteiger partial charge in [-0.05, 0) is 30.9 Å². The van der Waals surface area contributed by atoms with Crippen LogP contribution in [0.4, 0.5) is 4.39 Å². The van der Waals surface area contributed by atoms with Crippen molar-refractivity contribution in [2.24, 2.45) is 0 Å². The molecule has 0 N–H and O–H groups in total. The van der Waals surface area contributed by atoms with E-state index in [1.807, 2.05) is 19.2 Å². The molecule has 1 saturated heterocycles. The molecule has 2 rings (SSSR count). The molecule has 1 heterocycles. The van der Waals surface area contributed by atoms with Crippen LogP contribution in [0.2, 0.25) is 0 Å². The molecule has 1 amide bonds. The molecule has 0 radical (unpaired) electrons. The molecule has 1 unspecified atom stereocenters. The zero-order valence-electron chi connectivity index (χ0n) is 11.6. The van der Waals surface area contributed by atoms with Gasteiger partial charge in [0.2, 0.25) is 5.91 Å². The second-order valence-corrected chi connectivity index (χ2v) is 5.91. The highest BCUT2D eigenvalue weighted by Gasteiger charge is 2.22. The van der Waals surface area contributed by atoms with Gasteiger partial charge in [-0.15, -0.1) is 0 Å². The van der Waals surface area contributed by atoms with Crippen LogP contribution < -0.4 is 0 Å². The summed E-state index contributed by atoms with van der Waals surface area (Å²) in [7, 11) is 0. The van der Waals surface area contributed by atoms with Gasteiger partial charge in [0, 0.05) is 23.4 Å². The van der Waals surface area contributed by atoms with Crippen LogP contribution in [0, 0.1) is 12.7 Å². The molecular formula is C15H18FNO2S. The van der Waals surface area contributed by atoms with Gasteiger partial charge in [-0.2, -0.15) is 11.8 Å². The fourth-order valence-corrected chi connectivity index (χ4v) is 2.54. The van der Waals surface area contributed by atoms with Crippen LogP contribution in [0.5, 0.6) is 0 Å². The minimum atomic E-state index is -0.314. The molecule has 5 heteroatoms. The lowest BCUT2D eigenvalue weighted by Crippen LogP contribution is -2.43. The van der Waals surface area contributed by atoms with Crippen molar-refractivity contribution in [3.63, 3.8) is 0 Å². The summed E-state index contributed by atoms with van der Waals surface area (Å²) in [5, 5.41) is 0.303. The van der Waals surface area contributed by atoms with Gasteiger partial charge in [-0.3, -0.25) is 4.79 Å². The average Bonchev–Trinajstić information content (AvgIpc) is 2.46. The predicted molar refractivity (Wildman–Crippen MR) is 80.0 cm³/mol.